The van der Waals surface area contributed by atoms with E-state index in [9.17, 15) is 9.59 Å². The first kappa shape index (κ1) is 17.8. The number of carbonyl (C=O) groups excluding carboxylic acids is 2. The zero-order valence-corrected chi connectivity index (χ0v) is 14.9. The van der Waals surface area contributed by atoms with Gasteiger partial charge in [-0.2, -0.15) is 0 Å². The number of nitrogens with two attached hydrogens (primary N) is 1. The van der Waals surface area contributed by atoms with Crippen molar-refractivity contribution in [1.29, 1.82) is 0 Å². The van der Waals surface area contributed by atoms with Crippen molar-refractivity contribution >= 4 is 11.8 Å². The number of carbonyl (C=O) groups is 2. The molecular weight excluding hydrogens is 316 g/mol. The number of ether oxygens (including phenoxy) is 1. The van der Waals surface area contributed by atoms with E-state index in [2.05, 4.69) is 11.8 Å². The van der Waals surface area contributed by atoms with Gasteiger partial charge in [0.15, 0.2) is 6.61 Å². The molecular formula is C20H28N2O3. The molecule has 5 heteroatoms. The molecule has 1 aromatic carbocycles. The lowest BCUT2D eigenvalue weighted by Crippen LogP contribution is -2.53. The Hall–Kier alpha value is -2.04. The van der Waals surface area contributed by atoms with Gasteiger partial charge in [0.05, 0.1) is 6.42 Å². The van der Waals surface area contributed by atoms with Gasteiger partial charge in [-0.25, -0.2) is 0 Å². The van der Waals surface area contributed by atoms with E-state index in [0.717, 1.165) is 24.9 Å². The first-order valence-electron chi connectivity index (χ1n) is 9.34. The summed E-state index contributed by atoms with van der Waals surface area (Å²) in [5, 5.41) is 0. The van der Waals surface area contributed by atoms with E-state index >= 15 is 0 Å². The summed E-state index contributed by atoms with van der Waals surface area (Å²) in [6.07, 6.45) is 6.20. The number of hydrogen-bond donors (Lipinski definition) is 1. The standard InChI is InChI=1S/C20H28N2O3/c1-14-10-11-22(18-5-3-2-4-17(14)18)20(24)13-25-16-8-6-15(7-9-16)12-19(21)23/h6-9,14,17-18H,2-5,10-13H2,1H3,(H2,21,23)/t14-,17+,18-/m1/s1. The molecule has 3 rings (SSSR count). The Bertz CT molecular complexity index is 614. The summed E-state index contributed by atoms with van der Waals surface area (Å²) in [4.78, 5) is 25.7. The van der Waals surface area contributed by atoms with Crippen LogP contribution in [0.1, 0.15) is 44.6 Å². The normalized spacial score (nSPS) is 26.0. The van der Waals surface area contributed by atoms with Crippen LogP contribution < -0.4 is 10.5 Å². The molecule has 5 nitrogen and oxygen atoms in total. The number of primary amides is 1. The van der Waals surface area contributed by atoms with E-state index in [1.807, 2.05) is 12.1 Å². The number of hydrogen-bond acceptors (Lipinski definition) is 3. The Kier molecular flexibility index (Phi) is 5.61. The minimum absolute atomic E-state index is 0.0762. The Morgan fingerprint density at radius 1 is 1.16 bits per heavy atom. The Morgan fingerprint density at radius 2 is 1.88 bits per heavy atom. The van der Waals surface area contributed by atoms with Crippen LogP contribution in [0.2, 0.25) is 0 Å². The predicted octanol–water partition coefficient (Wildman–Crippen LogP) is 2.52. The summed E-state index contributed by atoms with van der Waals surface area (Å²) in [5.74, 6) is 1.75. The monoisotopic (exact) mass is 344 g/mol. The largest absolute Gasteiger partial charge is 0.484 e. The third kappa shape index (κ3) is 4.33. The Morgan fingerprint density at radius 3 is 2.60 bits per heavy atom. The second-order valence-corrected chi connectivity index (χ2v) is 7.44. The molecule has 0 radical (unpaired) electrons. The minimum Gasteiger partial charge on any atom is -0.484 e. The molecule has 2 aliphatic rings. The van der Waals surface area contributed by atoms with Gasteiger partial charge in [-0.1, -0.05) is 31.9 Å². The molecule has 1 saturated carbocycles. The smallest absolute Gasteiger partial charge is 0.260 e. The maximum atomic E-state index is 12.7. The van der Waals surface area contributed by atoms with Crippen molar-refractivity contribution in [2.75, 3.05) is 13.2 Å². The average Bonchev–Trinajstić information content (AvgIpc) is 2.61. The van der Waals surface area contributed by atoms with Crippen molar-refractivity contribution in [3.05, 3.63) is 29.8 Å². The van der Waals surface area contributed by atoms with Crippen molar-refractivity contribution in [2.24, 2.45) is 17.6 Å². The van der Waals surface area contributed by atoms with E-state index < -0.39 is 0 Å². The zero-order chi connectivity index (χ0) is 17.8. The first-order valence-corrected chi connectivity index (χ1v) is 9.34. The summed E-state index contributed by atoms with van der Waals surface area (Å²) in [7, 11) is 0. The second kappa shape index (κ2) is 7.89. The van der Waals surface area contributed by atoms with Crippen molar-refractivity contribution in [3.63, 3.8) is 0 Å². The lowest BCUT2D eigenvalue weighted by atomic mass is 9.72. The van der Waals surface area contributed by atoms with Gasteiger partial charge in [0.25, 0.3) is 5.91 Å². The summed E-state index contributed by atoms with van der Waals surface area (Å²) in [6, 6.07) is 7.58. The van der Waals surface area contributed by atoms with Crippen LogP contribution in [0.4, 0.5) is 0 Å². The van der Waals surface area contributed by atoms with E-state index in [-0.39, 0.29) is 24.8 Å². The summed E-state index contributed by atoms with van der Waals surface area (Å²) < 4.78 is 5.68. The van der Waals surface area contributed by atoms with Gasteiger partial charge in [-0.15, -0.1) is 0 Å². The molecule has 0 aromatic heterocycles. The second-order valence-electron chi connectivity index (χ2n) is 7.44. The zero-order valence-electron chi connectivity index (χ0n) is 14.9. The Balaban J connectivity index is 1.55. The highest BCUT2D eigenvalue weighted by molar-refractivity contribution is 5.78. The van der Waals surface area contributed by atoms with E-state index in [4.69, 9.17) is 10.5 Å². The molecule has 1 saturated heterocycles. The summed E-state index contributed by atoms with van der Waals surface area (Å²) in [6.45, 7) is 3.25. The van der Waals surface area contributed by atoms with Crippen molar-refractivity contribution in [1.82, 2.24) is 4.90 Å². The lowest BCUT2D eigenvalue weighted by molar-refractivity contribution is -0.141. The maximum absolute atomic E-state index is 12.7. The molecule has 1 aromatic rings. The maximum Gasteiger partial charge on any atom is 0.260 e. The quantitative estimate of drug-likeness (QED) is 0.892. The van der Waals surface area contributed by atoms with E-state index in [1.165, 1.54) is 19.3 Å². The van der Waals surface area contributed by atoms with Crippen LogP contribution in [0.25, 0.3) is 0 Å². The first-order chi connectivity index (χ1) is 12.0. The molecule has 25 heavy (non-hydrogen) atoms. The van der Waals surface area contributed by atoms with Crippen LogP contribution in [-0.4, -0.2) is 35.9 Å². The molecule has 0 bridgehead atoms. The average molecular weight is 344 g/mol. The number of piperidine rings is 1. The highest BCUT2D eigenvalue weighted by Crippen LogP contribution is 2.38. The molecule has 1 aliphatic heterocycles. The summed E-state index contributed by atoms with van der Waals surface area (Å²) >= 11 is 0. The highest BCUT2D eigenvalue weighted by atomic mass is 16.5. The van der Waals surface area contributed by atoms with Gasteiger partial charge < -0.3 is 15.4 Å². The van der Waals surface area contributed by atoms with Crippen molar-refractivity contribution < 1.29 is 14.3 Å². The van der Waals surface area contributed by atoms with Gasteiger partial charge in [0.2, 0.25) is 5.91 Å². The molecule has 136 valence electrons. The van der Waals surface area contributed by atoms with E-state index in [0.29, 0.717) is 23.6 Å². The van der Waals surface area contributed by atoms with Crippen molar-refractivity contribution in [2.45, 2.75) is 51.5 Å². The topological polar surface area (TPSA) is 72.6 Å². The summed E-state index contributed by atoms with van der Waals surface area (Å²) in [5.41, 5.74) is 6.03. The third-order valence-electron chi connectivity index (χ3n) is 5.72. The van der Waals surface area contributed by atoms with Gasteiger partial charge in [-0.05, 0) is 48.8 Å². The molecule has 0 unspecified atom stereocenters. The molecule has 3 atom stereocenters. The van der Waals surface area contributed by atoms with Crippen LogP contribution in [0.15, 0.2) is 24.3 Å². The van der Waals surface area contributed by atoms with Gasteiger partial charge in [-0.3, -0.25) is 9.59 Å². The van der Waals surface area contributed by atoms with Gasteiger partial charge in [0.1, 0.15) is 5.75 Å². The molecule has 2 amide bonds. The molecule has 2 fully saturated rings. The van der Waals surface area contributed by atoms with E-state index in [1.54, 1.807) is 12.1 Å². The van der Waals surface area contributed by atoms with Crippen LogP contribution in [0, 0.1) is 11.8 Å². The number of benzene rings is 1. The number of nitrogens with zero attached hydrogens (tertiary/aromatic N) is 1. The number of likely N-dealkylation sites (tertiary alicyclic amines) is 1. The number of rotatable bonds is 5. The molecule has 1 heterocycles. The molecule has 2 N–H and O–H groups in total. The van der Waals surface area contributed by atoms with Crippen molar-refractivity contribution in [3.8, 4) is 5.75 Å². The minimum atomic E-state index is -0.356. The fourth-order valence-corrected chi connectivity index (χ4v) is 4.36. The van der Waals surface area contributed by atoms with Gasteiger partial charge in [0, 0.05) is 12.6 Å². The van der Waals surface area contributed by atoms with Crippen LogP contribution in [-0.2, 0) is 16.0 Å². The highest BCUT2D eigenvalue weighted by Gasteiger charge is 2.39. The Labute approximate surface area is 149 Å². The lowest BCUT2D eigenvalue weighted by Gasteiger charge is -2.47. The van der Waals surface area contributed by atoms with Crippen LogP contribution in [0.3, 0.4) is 0 Å². The number of amides is 2. The third-order valence-corrected chi connectivity index (χ3v) is 5.72. The fourth-order valence-electron chi connectivity index (χ4n) is 4.36. The van der Waals surface area contributed by atoms with Crippen LogP contribution in [0.5, 0.6) is 5.75 Å². The SMILES string of the molecule is C[C@@H]1CCN(C(=O)COc2ccc(CC(N)=O)cc2)[C@@H]2CCCC[C@@H]12. The molecule has 0 spiro atoms. The number of fused-ring (bicyclic) bond motifs is 1. The van der Waals surface area contributed by atoms with Crippen LogP contribution >= 0.6 is 0 Å². The predicted molar refractivity (Wildman–Crippen MR) is 96.1 cm³/mol. The van der Waals surface area contributed by atoms with Gasteiger partial charge >= 0.3 is 0 Å². The molecule has 1 aliphatic carbocycles. The fraction of sp³-hybridized carbons (Fsp3) is 0.600.